The minimum absolute atomic E-state index is 0.732. The van der Waals surface area contributed by atoms with Crippen LogP contribution in [0.25, 0.3) is 0 Å². The van der Waals surface area contributed by atoms with Crippen LogP contribution in [0.1, 0.15) is 12.6 Å². The van der Waals surface area contributed by atoms with E-state index in [1.165, 1.54) is 0 Å². The van der Waals surface area contributed by atoms with E-state index in [9.17, 15) is 0 Å². The van der Waals surface area contributed by atoms with Crippen molar-refractivity contribution in [2.24, 2.45) is 17.8 Å². The highest BCUT2D eigenvalue weighted by molar-refractivity contribution is 14.1. The minimum Gasteiger partial charge on any atom is -0.404 e. The van der Waals surface area contributed by atoms with Crippen LogP contribution in [-0.4, -0.2) is 20.7 Å². The molecule has 0 saturated carbocycles. The molecule has 0 bridgehead atoms. The van der Waals surface area contributed by atoms with Crippen LogP contribution in [-0.2, 0) is 13.5 Å². The highest BCUT2D eigenvalue weighted by Crippen LogP contribution is 2.16. The number of nitrogens with two attached hydrogens (primary N) is 1. The summed E-state index contributed by atoms with van der Waals surface area (Å²) in [6.07, 6.45) is 4.12. The second kappa shape index (κ2) is 6.39. The van der Waals surface area contributed by atoms with Crippen molar-refractivity contribution in [3.8, 4) is 0 Å². The average Bonchev–Trinajstić information content (AvgIpc) is 2.56. The predicted molar refractivity (Wildman–Crippen MR) is 78.8 cm³/mol. The Morgan fingerprint density at radius 3 is 2.88 bits per heavy atom. The van der Waals surface area contributed by atoms with E-state index in [1.54, 1.807) is 12.5 Å². The summed E-state index contributed by atoms with van der Waals surface area (Å²) in [5.74, 6) is 0. The first kappa shape index (κ1) is 13.7. The second-order valence-corrected chi connectivity index (χ2v) is 5.00. The lowest BCUT2D eigenvalue weighted by atomic mass is 10.2. The Labute approximate surface area is 117 Å². The van der Waals surface area contributed by atoms with Gasteiger partial charge in [0.05, 0.1) is 12.0 Å². The molecule has 0 aromatic carbocycles. The van der Waals surface area contributed by atoms with Gasteiger partial charge in [0, 0.05) is 31.8 Å². The van der Waals surface area contributed by atoms with Crippen LogP contribution in [0.5, 0.6) is 0 Å². The van der Waals surface area contributed by atoms with E-state index >= 15 is 0 Å². The third kappa shape index (κ3) is 3.31. The van der Waals surface area contributed by atoms with Crippen molar-refractivity contribution < 1.29 is 0 Å². The fraction of sp³-hybridized carbons (Fsp3) is 0.400. The van der Waals surface area contributed by atoms with Crippen LogP contribution in [0, 0.1) is 3.70 Å². The van der Waals surface area contributed by atoms with Crippen molar-refractivity contribution in [1.82, 2.24) is 9.55 Å². The van der Waals surface area contributed by atoms with Gasteiger partial charge in [-0.15, -0.1) is 0 Å². The highest BCUT2D eigenvalue weighted by Gasteiger charge is 2.11. The Bertz CT molecular complexity index is 403. The molecular formula is C10H14BrIN4. The normalized spacial score (nSPS) is 13.2. The molecule has 1 aromatic heterocycles. The van der Waals surface area contributed by atoms with E-state index in [0.717, 1.165) is 32.6 Å². The number of nitrogens with zero attached hydrogens (tertiary/aromatic N) is 3. The number of hydrogen-bond donors (Lipinski definition) is 1. The first-order valence-electron chi connectivity index (χ1n) is 4.86. The van der Waals surface area contributed by atoms with E-state index in [2.05, 4.69) is 48.5 Å². The van der Waals surface area contributed by atoms with Gasteiger partial charge >= 0.3 is 0 Å². The Hall–Kier alpha value is -0.370. The van der Waals surface area contributed by atoms with E-state index in [-0.39, 0.29) is 0 Å². The molecule has 16 heavy (non-hydrogen) atoms. The van der Waals surface area contributed by atoms with E-state index in [0.29, 0.717) is 0 Å². The molecule has 0 amide bonds. The Balaban J connectivity index is 2.92. The summed E-state index contributed by atoms with van der Waals surface area (Å²) in [5.41, 5.74) is 7.73. The van der Waals surface area contributed by atoms with Crippen LogP contribution in [0.4, 0.5) is 0 Å². The van der Waals surface area contributed by atoms with Gasteiger partial charge in [-0.1, -0.05) is 0 Å². The third-order valence-corrected chi connectivity index (χ3v) is 3.79. The predicted octanol–water partition coefficient (Wildman–Crippen LogP) is 2.22. The summed E-state index contributed by atoms with van der Waals surface area (Å²) in [4.78, 5) is 8.52. The molecule has 88 valence electrons. The van der Waals surface area contributed by atoms with E-state index in [4.69, 9.17) is 5.73 Å². The second-order valence-electron chi connectivity index (χ2n) is 3.23. The monoisotopic (exact) mass is 396 g/mol. The Kier molecular flexibility index (Phi) is 5.47. The SMILES string of the molecule is CCN=C(Br)C(=CN)Cc1c(I)ncn1C. The van der Waals surface area contributed by atoms with Gasteiger partial charge in [-0.2, -0.15) is 0 Å². The molecule has 0 spiro atoms. The molecule has 0 aliphatic rings. The van der Waals surface area contributed by atoms with Crippen molar-refractivity contribution in [2.75, 3.05) is 6.54 Å². The molecule has 1 aromatic rings. The number of aliphatic imine (C=N–C) groups is 1. The molecule has 1 rings (SSSR count). The summed E-state index contributed by atoms with van der Waals surface area (Å²) in [6.45, 7) is 2.73. The van der Waals surface area contributed by atoms with Gasteiger partial charge < -0.3 is 10.3 Å². The summed E-state index contributed by atoms with van der Waals surface area (Å²) < 4.78 is 3.81. The van der Waals surface area contributed by atoms with Crippen molar-refractivity contribution >= 4 is 43.1 Å². The van der Waals surface area contributed by atoms with Crippen LogP contribution in [0.15, 0.2) is 23.1 Å². The lowest BCUT2D eigenvalue weighted by Gasteiger charge is -2.06. The summed E-state index contributed by atoms with van der Waals surface area (Å²) >= 11 is 5.65. The van der Waals surface area contributed by atoms with E-state index < -0.39 is 0 Å². The van der Waals surface area contributed by atoms with Gasteiger partial charge in [0.25, 0.3) is 0 Å². The molecular weight excluding hydrogens is 383 g/mol. The van der Waals surface area contributed by atoms with Gasteiger partial charge in [-0.3, -0.25) is 4.99 Å². The van der Waals surface area contributed by atoms with Crippen molar-refractivity contribution in [1.29, 1.82) is 0 Å². The number of aryl methyl sites for hydroxylation is 1. The summed E-state index contributed by atoms with van der Waals surface area (Å²) in [7, 11) is 1.98. The maximum atomic E-state index is 5.62. The first-order chi connectivity index (χ1) is 7.60. The maximum Gasteiger partial charge on any atom is 0.122 e. The number of allylic oxidation sites excluding steroid dienone is 1. The molecule has 0 fully saturated rings. The third-order valence-electron chi connectivity index (χ3n) is 2.13. The van der Waals surface area contributed by atoms with Crippen molar-refractivity contribution in [2.45, 2.75) is 13.3 Å². The number of halogens is 2. The number of rotatable bonds is 4. The quantitative estimate of drug-likeness (QED) is 0.626. The molecule has 0 radical (unpaired) electrons. The fourth-order valence-electron chi connectivity index (χ4n) is 1.25. The molecule has 0 aliphatic carbocycles. The lowest BCUT2D eigenvalue weighted by molar-refractivity contribution is 0.844. The van der Waals surface area contributed by atoms with Crippen LogP contribution < -0.4 is 5.73 Å². The van der Waals surface area contributed by atoms with Gasteiger partial charge in [0.2, 0.25) is 0 Å². The standard InChI is InChI=1S/C10H14BrIN4/c1-3-14-9(11)7(5-13)4-8-10(12)15-6-16(8)2/h5-6H,3-4,13H2,1-2H3. The lowest BCUT2D eigenvalue weighted by Crippen LogP contribution is -2.06. The first-order valence-corrected chi connectivity index (χ1v) is 6.74. The molecule has 1 heterocycles. The molecule has 0 unspecified atom stereocenters. The van der Waals surface area contributed by atoms with Gasteiger partial charge in [-0.05, 0) is 45.4 Å². The van der Waals surface area contributed by atoms with Crippen LogP contribution in [0.2, 0.25) is 0 Å². The number of hydrogen-bond acceptors (Lipinski definition) is 3. The van der Waals surface area contributed by atoms with Crippen LogP contribution in [0.3, 0.4) is 0 Å². The molecule has 0 aliphatic heterocycles. The topological polar surface area (TPSA) is 56.2 Å². The van der Waals surface area contributed by atoms with Gasteiger partial charge in [-0.25, -0.2) is 4.98 Å². The molecule has 0 saturated heterocycles. The molecule has 2 N–H and O–H groups in total. The zero-order chi connectivity index (χ0) is 12.1. The average molecular weight is 397 g/mol. The zero-order valence-corrected chi connectivity index (χ0v) is 13.0. The smallest absolute Gasteiger partial charge is 0.122 e. The van der Waals surface area contributed by atoms with Gasteiger partial charge in [0.15, 0.2) is 0 Å². The Morgan fingerprint density at radius 1 is 1.75 bits per heavy atom. The molecule has 6 heteroatoms. The largest absolute Gasteiger partial charge is 0.404 e. The number of imidazole rings is 1. The Morgan fingerprint density at radius 2 is 2.44 bits per heavy atom. The maximum absolute atomic E-state index is 5.62. The van der Waals surface area contributed by atoms with E-state index in [1.807, 2.05) is 18.5 Å². The highest BCUT2D eigenvalue weighted by atomic mass is 127. The number of aromatic nitrogens is 2. The molecule has 0 atom stereocenters. The summed E-state index contributed by atoms with van der Waals surface area (Å²) in [5, 5.41) is 0. The summed E-state index contributed by atoms with van der Waals surface area (Å²) in [6, 6.07) is 0. The zero-order valence-electron chi connectivity index (χ0n) is 9.24. The van der Waals surface area contributed by atoms with Gasteiger partial charge in [0.1, 0.15) is 8.32 Å². The van der Waals surface area contributed by atoms with Crippen molar-refractivity contribution in [3.63, 3.8) is 0 Å². The molecule has 4 nitrogen and oxygen atoms in total. The minimum atomic E-state index is 0.732. The fourth-order valence-corrected chi connectivity index (χ4v) is 2.46. The van der Waals surface area contributed by atoms with Crippen LogP contribution >= 0.6 is 38.5 Å². The van der Waals surface area contributed by atoms with Crippen molar-refractivity contribution in [3.05, 3.63) is 27.5 Å².